The van der Waals surface area contributed by atoms with Crippen LogP contribution in [0.15, 0.2) is 24.8 Å². The summed E-state index contributed by atoms with van der Waals surface area (Å²) in [7, 11) is 3.45. The van der Waals surface area contributed by atoms with E-state index in [0.717, 1.165) is 18.2 Å². The number of hydrogen-bond acceptors (Lipinski definition) is 2. The van der Waals surface area contributed by atoms with E-state index in [9.17, 15) is 18.0 Å². The van der Waals surface area contributed by atoms with Gasteiger partial charge >= 0.3 is 0 Å². The Morgan fingerprint density at radius 2 is 1.79 bits per heavy atom. The standard InChI is InChI=1S/C14H16F3NO/c1-5-12(19)14(2,8-18(3)4)9-6-10(15)13(17)11(16)7-9/h5-7H,1,8H2,2-4H3. The molecule has 0 aliphatic heterocycles. The van der Waals surface area contributed by atoms with E-state index in [1.54, 1.807) is 25.9 Å². The summed E-state index contributed by atoms with van der Waals surface area (Å²) in [5, 5.41) is 0. The van der Waals surface area contributed by atoms with Crippen LogP contribution < -0.4 is 0 Å². The summed E-state index contributed by atoms with van der Waals surface area (Å²) in [4.78, 5) is 13.7. The van der Waals surface area contributed by atoms with Crippen molar-refractivity contribution >= 4 is 5.78 Å². The molecule has 5 heteroatoms. The summed E-state index contributed by atoms with van der Waals surface area (Å²) in [5.41, 5.74) is -1.09. The van der Waals surface area contributed by atoms with Crippen molar-refractivity contribution in [3.63, 3.8) is 0 Å². The molecule has 0 aliphatic carbocycles. The van der Waals surface area contributed by atoms with Crippen molar-refractivity contribution in [2.45, 2.75) is 12.3 Å². The number of halogens is 3. The Labute approximate surface area is 110 Å². The number of allylic oxidation sites excluding steroid dienone is 1. The van der Waals surface area contributed by atoms with Gasteiger partial charge in [0.1, 0.15) is 0 Å². The second-order valence-electron chi connectivity index (χ2n) is 4.89. The molecule has 1 rings (SSSR count). The van der Waals surface area contributed by atoms with Crippen LogP contribution in [-0.4, -0.2) is 31.3 Å². The Morgan fingerprint density at radius 3 is 2.16 bits per heavy atom. The first-order chi connectivity index (χ1) is 8.72. The zero-order chi connectivity index (χ0) is 14.8. The van der Waals surface area contributed by atoms with E-state index < -0.39 is 22.9 Å². The van der Waals surface area contributed by atoms with E-state index in [2.05, 4.69) is 6.58 Å². The Hall–Kier alpha value is -1.62. The third-order valence-corrected chi connectivity index (χ3v) is 2.98. The lowest BCUT2D eigenvalue weighted by atomic mass is 9.78. The van der Waals surface area contributed by atoms with Gasteiger partial charge in [0.15, 0.2) is 23.2 Å². The topological polar surface area (TPSA) is 20.3 Å². The minimum absolute atomic E-state index is 0.0856. The highest BCUT2D eigenvalue weighted by molar-refractivity contribution is 5.98. The van der Waals surface area contributed by atoms with Gasteiger partial charge in [-0.2, -0.15) is 0 Å². The first-order valence-electron chi connectivity index (χ1n) is 5.69. The largest absolute Gasteiger partial charge is 0.308 e. The van der Waals surface area contributed by atoms with E-state index >= 15 is 0 Å². The van der Waals surface area contributed by atoms with Crippen LogP contribution in [-0.2, 0) is 10.2 Å². The number of carbonyl (C=O) groups is 1. The Kier molecular flexibility index (Phi) is 4.52. The third kappa shape index (κ3) is 3.04. The number of rotatable bonds is 5. The Balaban J connectivity index is 3.41. The van der Waals surface area contributed by atoms with Gasteiger partial charge in [-0.05, 0) is 44.8 Å². The van der Waals surface area contributed by atoms with Crippen molar-refractivity contribution in [3.05, 3.63) is 47.8 Å². The van der Waals surface area contributed by atoms with E-state index in [1.807, 2.05) is 0 Å². The maximum atomic E-state index is 13.3. The SMILES string of the molecule is C=CC(=O)C(C)(CN(C)C)c1cc(F)c(F)c(F)c1. The molecule has 104 valence electrons. The minimum atomic E-state index is -1.54. The molecule has 0 fully saturated rings. The molecule has 0 N–H and O–H groups in total. The van der Waals surface area contributed by atoms with Gasteiger partial charge in [0, 0.05) is 6.54 Å². The van der Waals surface area contributed by atoms with Gasteiger partial charge in [0.05, 0.1) is 5.41 Å². The molecule has 0 spiro atoms. The van der Waals surface area contributed by atoms with Gasteiger partial charge in [0.2, 0.25) is 0 Å². The summed E-state index contributed by atoms with van der Waals surface area (Å²) < 4.78 is 39.6. The van der Waals surface area contributed by atoms with Crippen LogP contribution in [0.2, 0.25) is 0 Å². The lowest BCUT2D eigenvalue weighted by molar-refractivity contribution is -0.119. The van der Waals surface area contributed by atoms with Crippen LogP contribution in [0.1, 0.15) is 12.5 Å². The van der Waals surface area contributed by atoms with Crippen LogP contribution >= 0.6 is 0 Å². The highest BCUT2D eigenvalue weighted by Gasteiger charge is 2.35. The zero-order valence-corrected chi connectivity index (χ0v) is 11.1. The molecule has 0 bridgehead atoms. The number of likely N-dealkylation sites (N-methyl/N-ethyl adjacent to an activating group) is 1. The average molecular weight is 271 g/mol. The second-order valence-corrected chi connectivity index (χ2v) is 4.89. The number of ketones is 1. The molecule has 0 radical (unpaired) electrons. The van der Waals surface area contributed by atoms with E-state index in [-0.39, 0.29) is 17.9 Å². The van der Waals surface area contributed by atoms with Crippen molar-refractivity contribution < 1.29 is 18.0 Å². The first kappa shape index (κ1) is 15.4. The monoisotopic (exact) mass is 271 g/mol. The van der Waals surface area contributed by atoms with Crippen LogP contribution in [0, 0.1) is 17.5 Å². The van der Waals surface area contributed by atoms with Gasteiger partial charge in [0.25, 0.3) is 0 Å². The number of benzene rings is 1. The van der Waals surface area contributed by atoms with Crippen molar-refractivity contribution in [1.82, 2.24) is 4.90 Å². The van der Waals surface area contributed by atoms with Gasteiger partial charge < -0.3 is 4.90 Å². The summed E-state index contributed by atoms with van der Waals surface area (Å²) in [6.45, 7) is 5.16. The fourth-order valence-electron chi connectivity index (χ4n) is 2.04. The molecular formula is C14H16F3NO. The predicted octanol–water partition coefficient (Wildman–Crippen LogP) is 2.68. The molecular weight excluding hydrogens is 255 g/mol. The predicted molar refractivity (Wildman–Crippen MR) is 67.4 cm³/mol. The average Bonchev–Trinajstić information content (AvgIpc) is 2.33. The maximum absolute atomic E-state index is 13.3. The highest BCUT2D eigenvalue weighted by Crippen LogP contribution is 2.29. The Bertz CT molecular complexity index is 490. The van der Waals surface area contributed by atoms with Crippen molar-refractivity contribution in [3.8, 4) is 0 Å². The third-order valence-electron chi connectivity index (χ3n) is 2.98. The molecule has 0 saturated heterocycles. The van der Waals surface area contributed by atoms with Crippen molar-refractivity contribution in [2.24, 2.45) is 0 Å². The van der Waals surface area contributed by atoms with Crippen LogP contribution in [0.3, 0.4) is 0 Å². The lowest BCUT2D eigenvalue weighted by Gasteiger charge is -2.30. The van der Waals surface area contributed by atoms with Crippen molar-refractivity contribution in [2.75, 3.05) is 20.6 Å². The van der Waals surface area contributed by atoms with Crippen LogP contribution in [0.4, 0.5) is 13.2 Å². The van der Waals surface area contributed by atoms with E-state index in [1.165, 1.54) is 0 Å². The highest BCUT2D eigenvalue weighted by atomic mass is 19.2. The minimum Gasteiger partial charge on any atom is -0.308 e. The maximum Gasteiger partial charge on any atom is 0.194 e. The molecule has 19 heavy (non-hydrogen) atoms. The van der Waals surface area contributed by atoms with Gasteiger partial charge in [-0.3, -0.25) is 4.79 Å². The molecule has 0 saturated carbocycles. The summed E-state index contributed by atoms with van der Waals surface area (Å²) >= 11 is 0. The van der Waals surface area contributed by atoms with Gasteiger partial charge in [-0.15, -0.1) is 0 Å². The molecule has 1 atom stereocenters. The number of carbonyl (C=O) groups excluding carboxylic acids is 1. The molecule has 0 heterocycles. The molecule has 1 aromatic rings. The quantitative estimate of drug-likeness (QED) is 0.606. The molecule has 0 aromatic heterocycles. The van der Waals surface area contributed by atoms with Crippen LogP contribution in [0.25, 0.3) is 0 Å². The molecule has 2 nitrogen and oxygen atoms in total. The lowest BCUT2D eigenvalue weighted by Crippen LogP contribution is -2.41. The van der Waals surface area contributed by atoms with Crippen molar-refractivity contribution in [1.29, 1.82) is 0 Å². The van der Waals surface area contributed by atoms with Gasteiger partial charge in [-0.1, -0.05) is 6.58 Å². The van der Waals surface area contributed by atoms with E-state index in [4.69, 9.17) is 0 Å². The normalized spacial score (nSPS) is 14.3. The summed E-state index contributed by atoms with van der Waals surface area (Å²) in [6, 6.07) is 1.70. The fraction of sp³-hybridized carbons (Fsp3) is 0.357. The molecule has 1 unspecified atom stereocenters. The molecule has 0 amide bonds. The number of hydrogen-bond donors (Lipinski definition) is 0. The van der Waals surface area contributed by atoms with E-state index in [0.29, 0.717) is 0 Å². The molecule has 1 aromatic carbocycles. The smallest absolute Gasteiger partial charge is 0.194 e. The fourth-order valence-corrected chi connectivity index (χ4v) is 2.04. The number of nitrogens with zero attached hydrogens (tertiary/aromatic N) is 1. The summed E-state index contributed by atoms with van der Waals surface area (Å²) in [6.07, 6.45) is 1.10. The molecule has 0 aliphatic rings. The first-order valence-corrected chi connectivity index (χ1v) is 5.69. The zero-order valence-electron chi connectivity index (χ0n) is 11.1. The van der Waals surface area contributed by atoms with Crippen LogP contribution in [0.5, 0.6) is 0 Å². The Morgan fingerprint density at radius 1 is 1.32 bits per heavy atom. The second kappa shape index (κ2) is 5.57. The summed E-state index contributed by atoms with van der Waals surface area (Å²) in [5.74, 6) is -4.54. The van der Waals surface area contributed by atoms with Gasteiger partial charge in [-0.25, -0.2) is 13.2 Å².